The number of imidazole rings is 1. The van der Waals surface area contributed by atoms with Crippen LogP contribution < -0.4 is 5.76 Å². The van der Waals surface area contributed by atoms with Crippen molar-refractivity contribution in [3.8, 4) is 22.8 Å². The summed E-state index contributed by atoms with van der Waals surface area (Å²) in [6.07, 6.45) is 7.63. The summed E-state index contributed by atoms with van der Waals surface area (Å²) in [7, 11) is 1.66. The maximum absolute atomic E-state index is 11.7. The normalized spacial score (nSPS) is 19.6. The number of nitrogens with zero attached hydrogens (tertiary/aromatic N) is 5. The summed E-state index contributed by atoms with van der Waals surface area (Å²) in [5, 5.41) is 4.35. The van der Waals surface area contributed by atoms with Gasteiger partial charge in [0.1, 0.15) is 17.6 Å². The van der Waals surface area contributed by atoms with Gasteiger partial charge in [0.15, 0.2) is 0 Å². The number of hydrogen-bond acceptors (Lipinski definition) is 8. The molecule has 202 valence electrons. The minimum absolute atomic E-state index is 0.132. The Kier molecular flexibility index (Phi) is 7.92. The molecule has 2 unspecified atom stereocenters. The number of pyridine rings is 2. The van der Waals surface area contributed by atoms with Gasteiger partial charge in [0.25, 0.3) is 0 Å². The zero-order valence-corrected chi connectivity index (χ0v) is 22.9. The number of hydrogen-bond donors (Lipinski definition) is 1. The number of nitrogens with one attached hydrogen (secondary N) is 1. The maximum Gasteiger partial charge on any atom is 0.439 e. The van der Waals surface area contributed by atoms with Crippen molar-refractivity contribution < 1.29 is 14.0 Å². The molecule has 4 heterocycles. The van der Waals surface area contributed by atoms with Gasteiger partial charge in [-0.05, 0) is 50.7 Å². The predicted octanol–water partition coefficient (Wildman–Crippen LogP) is 5.60. The number of rotatable bonds is 9. The molecule has 4 aromatic heterocycles. The first-order valence-electron chi connectivity index (χ1n) is 13.1. The molecule has 11 heteroatoms. The van der Waals surface area contributed by atoms with Crippen molar-refractivity contribution in [3.05, 3.63) is 45.9 Å². The standard InChI is InChI=1S/C27H33ClN6O4/c1-5-37-22(14-36-4)26-31-20-11-21(25-32-27(35)38-33-25)30-23(18-10-19(28)13-29-12-18)24(20)34(26)16(3)17-8-6-15(2)7-9-17/h10-13,15-17,22H,5-9,14H2,1-4H3,(H,32,33,35)/t15-,16?,17-,22?. The quantitative estimate of drug-likeness (QED) is 0.291. The molecule has 0 saturated heterocycles. The van der Waals surface area contributed by atoms with E-state index < -0.39 is 5.76 Å². The van der Waals surface area contributed by atoms with E-state index in [4.69, 9.17) is 35.6 Å². The van der Waals surface area contributed by atoms with E-state index in [2.05, 4.69) is 33.5 Å². The van der Waals surface area contributed by atoms with Gasteiger partial charge in [-0.3, -0.25) is 14.5 Å². The summed E-state index contributed by atoms with van der Waals surface area (Å²) in [6, 6.07) is 3.77. The number of aromatic nitrogens is 6. The Bertz CT molecular complexity index is 1450. The highest BCUT2D eigenvalue weighted by atomic mass is 35.5. The maximum atomic E-state index is 11.7. The van der Waals surface area contributed by atoms with Crippen molar-refractivity contribution in [3.63, 3.8) is 0 Å². The Labute approximate surface area is 225 Å². The lowest BCUT2D eigenvalue weighted by molar-refractivity contribution is -0.00530. The second kappa shape index (κ2) is 11.3. The lowest BCUT2D eigenvalue weighted by atomic mass is 9.79. The molecule has 0 aromatic carbocycles. The largest absolute Gasteiger partial charge is 0.439 e. The molecular weight excluding hydrogens is 508 g/mol. The van der Waals surface area contributed by atoms with Gasteiger partial charge in [-0.1, -0.05) is 36.5 Å². The Balaban J connectivity index is 1.79. The monoisotopic (exact) mass is 540 g/mol. The average molecular weight is 541 g/mol. The first-order valence-corrected chi connectivity index (χ1v) is 13.5. The average Bonchev–Trinajstić information content (AvgIpc) is 3.52. The van der Waals surface area contributed by atoms with Crippen LogP contribution in [0.25, 0.3) is 33.8 Å². The van der Waals surface area contributed by atoms with E-state index in [9.17, 15) is 4.79 Å². The van der Waals surface area contributed by atoms with Crippen LogP contribution in [0.15, 0.2) is 33.8 Å². The zero-order valence-electron chi connectivity index (χ0n) is 22.1. The van der Waals surface area contributed by atoms with Crippen LogP contribution in [-0.2, 0) is 9.47 Å². The number of halogens is 1. The molecule has 1 aliphatic carbocycles. The fourth-order valence-electron chi connectivity index (χ4n) is 5.51. The third-order valence-electron chi connectivity index (χ3n) is 7.48. The lowest BCUT2D eigenvalue weighted by Crippen LogP contribution is -2.25. The molecule has 0 aliphatic heterocycles. The van der Waals surface area contributed by atoms with E-state index >= 15 is 0 Å². The van der Waals surface area contributed by atoms with Gasteiger partial charge in [-0.15, -0.1) is 0 Å². The summed E-state index contributed by atoms with van der Waals surface area (Å²) in [6.45, 7) is 7.42. The fourth-order valence-corrected chi connectivity index (χ4v) is 5.69. The minimum Gasteiger partial charge on any atom is -0.382 e. The Morgan fingerprint density at radius 3 is 2.66 bits per heavy atom. The van der Waals surface area contributed by atoms with Crippen molar-refractivity contribution in [2.75, 3.05) is 20.3 Å². The van der Waals surface area contributed by atoms with Crippen molar-refractivity contribution in [2.24, 2.45) is 11.8 Å². The van der Waals surface area contributed by atoms with Gasteiger partial charge in [-0.2, -0.15) is 0 Å². The van der Waals surface area contributed by atoms with E-state index in [1.165, 1.54) is 12.8 Å². The van der Waals surface area contributed by atoms with Crippen LogP contribution in [0.4, 0.5) is 0 Å². The van der Waals surface area contributed by atoms with Crippen LogP contribution in [0.3, 0.4) is 0 Å². The molecule has 1 N–H and O–H groups in total. The summed E-state index contributed by atoms with van der Waals surface area (Å²) >= 11 is 6.36. The van der Waals surface area contributed by atoms with E-state index in [1.807, 2.05) is 19.1 Å². The Hall–Kier alpha value is -3.08. The highest BCUT2D eigenvalue weighted by Crippen LogP contribution is 2.41. The SMILES string of the molecule is CCOC(COC)c1nc2cc(-c3noc(=O)[nH]3)nc(-c3cncc(Cl)c3)c2n1C(C)[C@H]1CC[C@H](C)CC1. The topological polar surface area (TPSA) is 121 Å². The highest BCUT2D eigenvalue weighted by Gasteiger charge is 2.32. The number of fused-ring (bicyclic) bond motifs is 1. The molecule has 1 fully saturated rings. The molecule has 10 nitrogen and oxygen atoms in total. The predicted molar refractivity (Wildman–Crippen MR) is 144 cm³/mol. The first kappa shape index (κ1) is 26.5. The van der Waals surface area contributed by atoms with Crippen molar-refractivity contribution in [2.45, 2.75) is 58.6 Å². The van der Waals surface area contributed by atoms with Gasteiger partial charge in [0.05, 0.1) is 28.4 Å². The van der Waals surface area contributed by atoms with Gasteiger partial charge in [0.2, 0.25) is 5.82 Å². The number of ether oxygens (including phenoxy) is 2. The number of aromatic amines is 1. The van der Waals surface area contributed by atoms with Gasteiger partial charge in [-0.25, -0.2) is 14.8 Å². The zero-order chi connectivity index (χ0) is 26.8. The fraction of sp³-hybridized carbons (Fsp3) is 0.519. The number of methoxy groups -OCH3 is 1. The van der Waals surface area contributed by atoms with Crippen molar-refractivity contribution in [1.29, 1.82) is 0 Å². The van der Waals surface area contributed by atoms with Crippen LogP contribution in [0.1, 0.15) is 64.4 Å². The molecule has 1 saturated carbocycles. The lowest BCUT2D eigenvalue weighted by Gasteiger charge is -2.33. The van der Waals surface area contributed by atoms with E-state index in [0.29, 0.717) is 41.1 Å². The summed E-state index contributed by atoms with van der Waals surface area (Å²) in [5.41, 5.74) is 3.34. The molecule has 2 atom stereocenters. The smallest absolute Gasteiger partial charge is 0.382 e. The van der Waals surface area contributed by atoms with Crippen LogP contribution in [-0.4, -0.2) is 50.0 Å². The molecule has 0 amide bonds. The molecule has 0 spiro atoms. The summed E-state index contributed by atoms with van der Waals surface area (Å²) in [5.74, 6) is 1.55. The van der Waals surface area contributed by atoms with Crippen LogP contribution in [0.2, 0.25) is 5.02 Å². The number of H-pyrrole nitrogens is 1. The van der Waals surface area contributed by atoms with E-state index in [0.717, 1.165) is 35.7 Å². The van der Waals surface area contributed by atoms with Gasteiger partial charge in [0, 0.05) is 37.7 Å². The van der Waals surface area contributed by atoms with Crippen LogP contribution in [0.5, 0.6) is 0 Å². The third kappa shape index (κ3) is 5.25. The molecular formula is C27H33ClN6O4. The molecule has 0 bridgehead atoms. The van der Waals surface area contributed by atoms with Crippen molar-refractivity contribution in [1.82, 2.24) is 29.7 Å². The highest BCUT2D eigenvalue weighted by molar-refractivity contribution is 6.30. The molecule has 0 radical (unpaired) electrons. The summed E-state index contributed by atoms with van der Waals surface area (Å²) in [4.78, 5) is 28.7. The van der Waals surface area contributed by atoms with E-state index in [1.54, 1.807) is 19.5 Å². The third-order valence-corrected chi connectivity index (χ3v) is 7.69. The van der Waals surface area contributed by atoms with Crippen LogP contribution in [0, 0.1) is 11.8 Å². The molecule has 38 heavy (non-hydrogen) atoms. The Morgan fingerprint density at radius 1 is 1.21 bits per heavy atom. The van der Waals surface area contributed by atoms with Crippen LogP contribution >= 0.6 is 11.6 Å². The van der Waals surface area contributed by atoms with E-state index in [-0.39, 0.29) is 18.0 Å². The molecule has 5 rings (SSSR count). The van der Waals surface area contributed by atoms with Gasteiger partial charge < -0.3 is 14.0 Å². The second-order valence-electron chi connectivity index (χ2n) is 10.1. The minimum atomic E-state index is -0.657. The van der Waals surface area contributed by atoms with Gasteiger partial charge >= 0.3 is 5.76 Å². The Morgan fingerprint density at radius 2 is 2.00 bits per heavy atom. The summed E-state index contributed by atoms with van der Waals surface area (Å²) < 4.78 is 18.7. The van der Waals surface area contributed by atoms with Crippen molar-refractivity contribution >= 4 is 22.6 Å². The molecule has 4 aromatic rings. The first-order chi connectivity index (χ1) is 18.4. The molecule has 1 aliphatic rings. The second-order valence-corrected chi connectivity index (χ2v) is 10.5.